The molecule has 0 unspecified atom stereocenters. The van der Waals surface area contributed by atoms with Gasteiger partial charge in [0.1, 0.15) is 0 Å². The Bertz CT molecular complexity index is 583. The lowest BCUT2D eigenvalue weighted by atomic mass is 9.89. The van der Waals surface area contributed by atoms with Crippen molar-refractivity contribution in [3.63, 3.8) is 0 Å². The van der Waals surface area contributed by atoms with E-state index in [1.165, 1.54) is 33.4 Å². The van der Waals surface area contributed by atoms with Gasteiger partial charge < -0.3 is 5.73 Å². The first-order valence-corrected chi connectivity index (χ1v) is 6.61. The number of aryl methyl sites for hydroxylation is 2. The van der Waals surface area contributed by atoms with Crippen LogP contribution in [0.4, 0.5) is 0 Å². The van der Waals surface area contributed by atoms with E-state index >= 15 is 0 Å². The largest absolute Gasteiger partial charge is 0.404 e. The average Bonchev–Trinajstić information content (AvgIpc) is 2.40. The lowest BCUT2D eigenvalue weighted by Gasteiger charge is -2.15. The molecule has 0 spiro atoms. The number of hydrogen-bond acceptors (Lipinski definition) is 1. The van der Waals surface area contributed by atoms with E-state index in [2.05, 4.69) is 64.1 Å². The molecule has 0 aliphatic rings. The van der Waals surface area contributed by atoms with Crippen molar-refractivity contribution >= 4 is 5.57 Å². The second-order valence-corrected chi connectivity index (χ2v) is 5.08. The minimum Gasteiger partial charge on any atom is -0.404 e. The molecule has 2 aromatic rings. The van der Waals surface area contributed by atoms with Crippen molar-refractivity contribution in [3.8, 4) is 0 Å². The van der Waals surface area contributed by atoms with E-state index < -0.39 is 0 Å². The van der Waals surface area contributed by atoms with E-state index in [0.717, 1.165) is 5.57 Å². The van der Waals surface area contributed by atoms with Gasteiger partial charge in [0.25, 0.3) is 0 Å². The van der Waals surface area contributed by atoms with Crippen molar-refractivity contribution in [1.82, 2.24) is 0 Å². The van der Waals surface area contributed by atoms with Crippen LogP contribution in [0.1, 0.15) is 33.4 Å². The molecule has 2 N–H and O–H groups in total. The smallest absolute Gasteiger partial charge is 0.00491 e. The molecule has 0 amide bonds. The third kappa shape index (κ3) is 2.41. The molecule has 0 fully saturated rings. The van der Waals surface area contributed by atoms with Gasteiger partial charge in [0.2, 0.25) is 0 Å². The average molecular weight is 251 g/mol. The highest BCUT2D eigenvalue weighted by Gasteiger charge is 2.11. The van der Waals surface area contributed by atoms with E-state index in [1.807, 2.05) is 0 Å². The first-order chi connectivity index (χ1) is 9.06. The van der Waals surface area contributed by atoms with Gasteiger partial charge in [-0.15, -0.1) is 0 Å². The van der Waals surface area contributed by atoms with Crippen LogP contribution in [-0.2, 0) is 0 Å². The summed E-state index contributed by atoms with van der Waals surface area (Å²) in [6, 6.07) is 12.7. The van der Waals surface area contributed by atoms with E-state index in [1.54, 1.807) is 6.20 Å². The first kappa shape index (κ1) is 13.4. The highest BCUT2D eigenvalue weighted by atomic mass is 14.5. The van der Waals surface area contributed by atoms with Gasteiger partial charge in [-0.05, 0) is 61.1 Å². The normalized spacial score (nSPS) is 10.3. The van der Waals surface area contributed by atoms with Gasteiger partial charge in [0.15, 0.2) is 0 Å². The summed E-state index contributed by atoms with van der Waals surface area (Å²) in [6.45, 7) is 8.57. The zero-order valence-electron chi connectivity index (χ0n) is 12.1. The van der Waals surface area contributed by atoms with Crippen LogP contribution in [0.15, 0.2) is 42.6 Å². The van der Waals surface area contributed by atoms with Crippen LogP contribution in [0.3, 0.4) is 0 Å². The molecule has 1 nitrogen and oxygen atoms in total. The van der Waals surface area contributed by atoms with Crippen molar-refractivity contribution in [3.05, 3.63) is 76.0 Å². The Kier molecular flexibility index (Phi) is 3.75. The molecule has 0 bridgehead atoms. The van der Waals surface area contributed by atoms with Crippen LogP contribution in [0.25, 0.3) is 5.57 Å². The molecular formula is C18H21N. The summed E-state index contributed by atoms with van der Waals surface area (Å²) < 4.78 is 0. The van der Waals surface area contributed by atoms with Crippen molar-refractivity contribution in [2.24, 2.45) is 5.73 Å². The number of nitrogens with two attached hydrogens (primary N) is 1. The Labute approximate surface area is 115 Å². The number of benzene rings is 2. The minimum atomic E-state index is 1.11. The van der Waals surface area contributed by atoms with E-state index in [9.17, 15) is 0 Å². The second kappa shape index (κ2) is 5.31. The number of rotatable bonds is 2. The van der Waals surface area contributed by atoms with Crippen molar-refractivity contribution in [2.45, 2.75) is 27.7 Å². The predicted molar refractivity (Wildman–Crippen MR) is 83.1 cm³/mol. The summed E-state index contributed by atoms with van der Waals surface area (Å²) in [6.07, 6.45) is 1.73. The summed E-state index contributed by atoms with van der Waals surface area (Å²) in [4.78, 5) is 0. The third-order valence-electron chi connectivity index (χ3n) is 3.96. The molecule has 0 atom stereocenters. The van der Waals surface area contributed by atoms with Gasteiger partial charge in [-0.25, -0.2) is 0 Å². The van der Waals surface area contributed by atoms with E-state index in [-0.39, 0.29) is 0 Å². The highest BCUT2D eigenvalue weighted by molar-refractivity contribution is 5.83. The molecule has 0 radical (unpaired) electrons. The van der Waals surface area contributed by atoms with Crippen molar-refractivity contribution < 1.29 is 0 Å². The maximum Gasteiger partial charge on any atom is 0.00491 e. The summed E-state index contributed by atoms with van der Waals surface area (Å²) in [5, 5.41) is 0. The Hall–Kier alpha value is -2.02. The van der Waals surface area contributed by atoms with Gasteiger partial charge in [-0.2, -0.15) is 0 Å². The van der Waals surface area contributed by atoms with Gasteiger partial charge in [0.05, 0.1) is 0 Å². The fourth-order valence-electron chi connectivity index (χ4n) is 2.41. The Morgan fingerprint density at radius 1 is 0.789 bits per heavy atom. The molecule has 0 aromatic heterocycles. The molecule has 19 heavy (non-hydrogen) atoms. The highest BCUT2D eigenvalue weighted by Crippen LogP contribution is 2.29. The molecule has 0 heterocycles. The fraction of sp³-hybridized carbons (Fsp3) is 0.222. The first-order valence-electron chi connectivity index (χ1n) is 6.61. The van der Waals surface area contributed by atoms with Crippen LogP contribution in [-0.4, -0.2) is 0 Å². The summed E-state index contributed by atoms with van der Waals surface area (Å²) in [5.41, 5.74) is 14.6. The van der Waals surface area contributed by atoms with Crippen molar-refractivity contribution in [1.29, 1.82) is 0 Å². The molecule has 0 aliphatic heterocycles. The molecule has 2 aromatic carbocycles. The number of hydrogen-bond donors (Lipinski definition) is 1. The molecule has 0 saturated heterocycles. The van der Waals surface area contributed by atoms with E-state index in [0.29, 0.717) is 0 Å². The predicted octanol–water partition coefficient (Wildman–Crippen LogP) is 4.27. The molecule has 0 aliphatic carbocycles. The van der Waals surface area contributed by atoms with Crippen LogP contribution >= 0.6 is 0 Å². The monoisotopic (exact) mass is 251 g/mol. The third-order valence-corrected chi connectivity index (χ3v) is 3.96. The lowest BCUT2D eigenvalue weighted by Crippen LogP contribution is -1.99. The Morgan fingerprint density at radius 2 is 1.21 bits per heavy atom. The van der Waals surface area contributed by atoms with Crippen LogP contribution in [0.2, 0.25) is 0 Å². The maximum atomic E-state index is 5.91. The second-order valence-electron chi connectivity index (χ2n) is 5.08. The maximum absolute atomic E-state index is 5.91. The van der Waals surface area contributed by atoms with E-state index in [4.69, 9.17) is 5.73 Å². The summed E-state index contributed by atoms with van der Waals surface area (Å²) in [5.74, 6) is 0. The topological polar surface area (TPSA) is 26.0 Å². The molecule has 1 heteroatoms. The Balaban J connectivity index is 2.64. The van der Waals surface area contributed by atoms with Crippen molar-refractivity contribution in [2.75, 3.05) is 0 Å². The quantitative estimate of drug-likeness (QED) is 0.847. The zero-order valence-corrected chi connectivity index (χ0v) is 12.1. The molecule has 0 saturated carbocycles. The molecule has 98 valence electrons. The SMILES string of the molecule is Cc1cccc(C(=CN)c2cccc(C)c2C)c1C. The van der Waals surface area contributed by atoms with Crippen LogP contribution < -0.4 is 5.73 Å². The van der Waals surface area contributed by atoms with Gasteiger partial charge in [-0.1, -0.05) is 36.4 Å². The van der Waals surface area contributed by atoms with Gasteiger partial charge >= 0.3 is 0 Å². The Morgan fingerprint density at radius 3 is 1.58 bits per heavy atom. The standard InChI is InChI=1S/C18H21N/c1-12-7-5-9-16(14(12)3)18(11-19)17-10-6-8-13(2)15(17)4/h5-11H,19H2,1-4H3. The lowest BCUT2D eigenvalue weighted by molar-refractivity contribution is 1.28. The minimum absolute atomic E-state index is 1.11. The van der Waals surface area contributed by atoms with Gasteiger partial charge in [0, 0.05) is 11.8 Å². The fourth-order valence-corrected chi connectivity index (χ4v) is 2.41. The molecule has 2 rings (SSSR count). The summed E-state index contributed by atoms with van der Waals surface area (Å²) >= 11 is 0. The molecular weight excluding hydrogens is 230 g/mol. The van der Waals surface area contributed by atoms with Crippen LogP contribution in [0.5, 0.6) is 0 Å². The zero-order chi connectivity index (χ0) is 14.0. The van der Waals surface area contributed by atoms with Crippen LogP contribution in [0, 0.1) is 27.7 Å². The van der Waals surface area contributed by atoms with Gasteiger partial charge in [-0.3, -0.25) is 0 Å². The summed E-state index contributed by atoms with van der Waals surface area (Å²) in [7, 11) is 0.